The maximum atomic E-state index is 10.9. The molecule has 0 saturated carbocycles. The second kappa shape index (κ2) is 4.39. The highest BCUT2D eigenvalue weighted by Crippen LogP contribution is 2.14. The molecule has 0 aromatic heterocycles. The number of benzene rings is 1. The van der Waals surface area contributed by atoms with Gasteiger partial charge in [0.2, 0.25) is 0 Å². The fourth-order valence-corrected chi connectivity index (χ4v) is 1.78. The molecule has 0 fully saturated rings. The fraction of sp³-hybridized carbons (Fsp3) is 0.333. The summed E-state index contributed by atoms with van der Waals surface area (Å²) in [6.07, 6.45) is 1.61. The van der Waals surface area contributed by atoms with Crippen molar-refractivity contribution in [1.29, 1.82) is 0 Å². The molecular formula is C9H14N2OS. The smallest absolute Gasteiger partial charge is 0.0889 e. The highest BCUT2D eigenvalue weighted by atomic mass is 32.2. The van der Waals surface area contributed by atoms with E-state index in [9.17, 15) is 4.21 Å². The van der Waals surface area contributed by atoms with E-state index in [1.165, 1.54) is 0 Å². The van der Waals surface area contributed by atoms with Gasteiger partial charge in [-0.2, -0.15) is 0 Å². The van der Waals surface area contributed by atoms with Gasteiger partial charge in [0.15, 0.2) is 0 Å². The quantitative estimate of drug-likeness (QED) is 0.717. The van der Waals surface area contributed by atoms with E-state index in [0.717, 1.165) is 11.3 Å². The zero-order chi connectivity index (χ0) is 9.84. The lowest BCUT2D eigenvalue weighted by Crippen LogP contribution is -2.20. The van der Waals surface area contributed by atoms with Crippen molar-refractivity contribution in [3.05, 3.63) is 29.8 Å². The van der Waals surface area contributed by atoms with Crippen LogP contribution in [0.25, 0.3) is 0 Å². The first-order chi connectivity index (χ1) is 6.09. The zero-order valence-corrected chi connectivity index (χ0v) is 8.60. The molecule has 3 N–H and O–H groups in total. The Bertz CT molecular complexity index is 314. The summed E-state index contributed by atoms with van der Waals surface area (Å²) in [7, 11) is -0.994. The van der Waals surface area contributed by atoms with Crippen LogP contribution >= 0.6 is 0 Å². The van der Waals surface area contributed by atoms with Crippen LogP contribution < -0.4 is 10.5 Å². The normalized spacial score (nSPS) is 15.2. The van der Waals surface area contributed by atoms with Crippen molar-refractivity contribution in [3.8, 4) is 0 Å². The molecule has 0 aliphatic rings. The van der Waals surface area contributed by atoms with E-state index < -0.39 is 11.0 Å². The third-order valence-electron chi connectivity index (χ3n) is 1.75. The van der Waals surface area contributed by atoms with Gasteiger partial charge in [0, 0.05) is 18.0 Å². The van der Waals surface area contributed by atoms with Gasteiger partial charge in [-0.25, -0.2) is 8.93 Å². The van der Waals surface area contributed by atoms with Crippen LogP contribution in [0.4, 0.5) is 5.69 Å². The third kappa shape index (κ3) is 3.16. The number of anilines is 1. The number of nitrogen functional groups attached to an aromatic ring is 1. The van der Waals surface area contributed by atoms with Crippen LogP contribution in [0, 0.1) is 0 Å². The molecular weight excluding hydrogens is 184 g/mol. The van der Waals surface area contributed by atoms with Gasteiger partial charge in [0.05, 0.1) is 11.0 Å². The van der Waals surface area contributed by atoms with E-state index in [1.807, 2.05) is 31.2 Å². The molecule has 0 bridgehead atoms. The molecule has 0 amide bonds. The molecule has 2 atom stereocenters. The molecule has 1 rings (SSSR count). The minimum atomic E-state index is -0.994. The second-order valence-electron chi connectivity index (χ2n) is 2.96. The van der Waals surface area contributed by atoms with Crippen LogP contribution in [0.5, 0.6) is 0 Å². The minimum Gasteiger partial charge on any atom is -0.399 e. The van der Waals surface area contributed by atoms with Gasteiger partial charge >= 0.3 is 0 Å². The minimum absolute atomic E-state index is 0.0642. The maximum absolute atomic E-state index is 10.9. The predicted octanol–water partition coefficient (Wildman–Crippen LogP) is 1.21. The van der Waals surface area contributed by atoms with Crippen LogP contribution in [0.15, 0.2) is 24.3 Å². The Morgan fingerprint density at radius 2 is 2.23 bits per heavy atom. The van der Waals surface area contributed by atoms with E-state index in [2.05, 4.69) is 4.72 Å². The largest absolute Gasteiger partial charge is 0.399 e. The molecule has 3 nitrogen and oxygen atoms in total. The Morgan fingerprint density at radius 3 is 2.77 bits per heavy atom. The molecule has 2 unspecified atom stereocenters. The standard InChI is InChI=1S/C9H14N2OS/c1-7(11-13(2)12)8-4-3-5-9(10)6-8/h3-7,11H,10H2,1-2H3. The van der Waals surface area contributed by atoms with Crippen LogP contribution in [0.3, 0.4) is 0 Å². The predicted molar refractivity (Wildman–Crippen MR) is 56.5 cm³/mol. The lowest BCUT2D eigenvalue weighted by Gasteiger charge is -2.11. The molecule has 1 aromatic carbocycles. The van der Waals surface area contributed by atoms with Crippen molar-refractivity contribution in [3.63, 3.8) is 0 Å². The SMILES string of the molecule is CC(NS(C)=O)c1cccc(N)c1. The summed E-state index contributed by atoms with van der Waals surface area (Å²) in [5.74, 6) is 0. The van der Waals surface area contributed by atoms with Crippen molar-refractivity contribution in [2.45, 2.75) is 13.0 Å². The molecule has 0 radical (unpaired) electrons. The molecule has 0 heterocycles. The average Bonchev–Trinajstić information content (AvgIpc) is 2.03. The maximum Gasteiger partial charge on any atom is 0.0889 e. The number of hydrogen-bond donors (Lipinski definition) is 2. The van der Waals surface area contributed by atoms with Crippen LogP contribution in [0.2, 0.25) is 0 Å². The van der Waals surface area contributed by atoms with Gasteiger partial charge in [0.25, 0.3) is 0 Å². The summed E-state index contributed by atoms with van der Waals surface area (Å²) in [6.45, 7) is 1.95. The lowest BCUT2D eigenvalue weighted by molar-refractivity contribution is 0.656. The highest BCUT2D eigenvalue weighted by molar-refractivity contribution is 7.82. The molecule has 0 spiro atoms. The zero-order valence-electron chi connectivity index (χ0n) is 7.78. The van der Waals surface area contributed by atoms with Gasteiger partial charge in [0.1, 0.15) is 0 Å². The third-order valence-corrected chi connectivity index (χ3v) is 2.44. The van der Waals surface area contributed by atoms with E-state index >= 15 is 0 Å². The Balaban J connectivity index is 2.76. The number of nitrogens with two attached hydrogens (primary N) is 1. The van der Waals surface area contributed by atoms with Crippen molar-refractivity contribution in [2.75, 3.05) is 12.0 Å². The van der Waals surface area contributed by atoms with Crippen molar-refractivity contribution < 1.29 is 4.21 Å². The van der Waals surface area contributed by atoms with Crippen LogP contribution in [0.1, 0.15) is 18.5 Å². The number of nitrogens with one attached hydrogen (secondary N) is 1. The van der Waals surface area contributed by atoms with E-state index in [0.29, 0.717) is 0 Å². The van der Waals surface area contributed by atoms with Gasteiger partial charge in [-0.3, -0.25) is 0 Å². The first kappa shape index (κ1) is 10.2. The first-order valence-corrected chi connectivity index (χ1v) is 5.60. The fourth-order valence-electron chi connectivity index (χ4n) is 1.15. The van der Waals surface area contributed by atoms with Crippen LogP contribution in [-0.4, -0.2) is 10.5 Å². The molecule has 0 aliphatic carbocycles. The number of rotatable bonds is 3. The molecule has 1 aromatic rings. The summed E-state index contributed by atoms with van der Waals surface area (Å²) in [5, 5.41) is 0. The van der Waals surface area contributed by atoms with E-state index in [-0.39, 0.29) is 6.04 Å². The molecule has 72 valence electrons. The molecule has 0 aliphatic heterocycles. The summed E-state index contributed by atoms with van der Waals surface area (Å²) in [5.41, 5.74) is 7.40. The Kier molecular flexibility index (Phi) is 3.45. The van der Waals surface area contributed by atoms with Gasteiger partial charge in [-0.1, -0.05) is 12.1 Å². The first-order valence-electron chi connectivity index (χ1n) is 4.04. The summed E-state index contributed by atoms with van der Waals surface area (Å²) < 4.78 is 13.8. The van der Waals surface area contributed by atoms with Crippen molar-refractivity contribution >= 4 is 16.7 Å². The van der Waals surface area contributed by atoms with Crippen molar-refractivity contribution in [1.82, 2.24) is 4.72 Å². The lowest BCUT2D eigenvalue weighted by atomic mass is 10.1. The molecule has 0 saturated heterocycles. The van der Waals surface area contributed by atoms with Gasteiger partial charge in [-0.05, 0) is 24.6 Å². The Morgan fingerprint density at radius 1 is 1.54 bits per heavy atom. The van der Waals surface area contributed by atoms with Gasteiger partial charge in [-0.15, -0.1) is 0 Å². The average molecular weight is 198 g/mol. The monoisotopic (exact) mass is 198 g/mol. The topological polar surface area (TPSA) is 55.1 Å². The molecule has 13 heavy (non-hydrogen) atoms. The second-order valence-corrected chi connectivity index (χ2v) is 4.11. The summed E-state index contributed by atoms with van der Waals surface area (Å²) in [6, 6.07) is 7.63. The number of hydrogen-bond acceptors (Lipinski definition) is 2. The van der Waals surface area contributed by atoms with E-state index in [1.54, 1.807) is 6.26 Å². The summed E-state index contributed by atoms with van der Waals surface area (Å²) >= 11 is 0. The highest BCUT2D eigenvalue weighted by Gasteiger charge is 2.05. The summed E-state index contributed by atoms with van der Waals surface area (Å²) in [4.78, 5) is 0. The van der Waals surface area contributed by atoms with Gasteiger partial charge < -0.3 is 5.73 Å². The molecule has 4 heteroatoms. The Hall–Kier alpha value is -0.870. The van der Waals surface area contributed by atoms with Crippen molar-refractivity contribution in [2.24, 2.45) is 0 Å². The van der Waals surface area contributed by atoms with E-state index in [4.69, 9.17) is 5.73 Å². The van der Waals surface area contributed by atoms with Crippen LogP contribution in [-0.2, 0) is 11.0 Å². The Labute approximate surface area is 80.9 Å².